The van der Waals surface area contributed by atoms with Gasteiger partial charge in [0.2, 0.25) is 5.89 Å². The summed E-state index contributed by atoms with van der Waals surface area (Å²) < 4.78 is 5.87. The molecule has 1 aliphatic carbocycles. The molecule has 2 heterocycles. The van der Waals surface area contributed by atoms with Crippen LogP contribution >= 0.6 is 0 Å². The molecule has 2 aromatic carbocycles. The zero-order valence-electron chi connectivity index (χ0n) is 17.7. The summed E-state index contributed by atoms with van der Waals surface area (Å²) in [4.78, 5) is 33.4. The number of carbonyl (C=O) groups is 2. The van der Waals surface area contributed by atoms with Crippen molar-refractivity contribution in [1.29, 1.82) is 0 Å². The molecule has 2 aliphatic rings. The minimum Gasteiger partial charge on any atom is -0.436 e. The maximum atomic E-state index is 13.0. The van der Waals surface area contributed by atoms with E-state index in [0.29, 0.717) is 43.9 Å². The van der Waals surface area contributed by atoms with Crippen LogP contribution in [-0.2, 0) is 4.79 Å². The Morgan fingerprint density at radius 3 is 2.55 bits per heavy atom. The van der Waals surface area contributed by atoms with Crippen LogP contribution in [0.2, 0.25) is 0 Å². The van der Waals surface area contributed by atoms with Gasteiger partial charge in [-0.15, -0.1) is 0 Å². The fraction of sp³-hybridized carbons (Fsp3) is 0.375. The zero-order chi connectivity index (χ0) is 21.8. The van der Waals surface area contributed by atoms with Crippen LogP contribution in [0.1, 0.15) is 35.7 Å². The predicted molar refractivity (Wildman–Crippen MR) is 115 cm³/mol. The monoisotopic (exact) mass is 419 g/mol. The second-order valence-corrected chi connectivity index (χ2v) is 8.70. The lowest BCUT2D eigenvalue weighted by molar-refractivity contribution is -0.146. The van der Waals surface area contributed by atoms with Gasteiger partial charge in [-0.1, -0.05) is 6.07 Å². The molecule has 160 valence electrons. The first kappa shape index (κ1) is 19.8. The maximum Gasteiger partial charge on any atom is 0.254 e. The number of nitrogens with zero attached hydrogens (tertiary/aromatic N) is 3. The Labute approximate surface area is 180 Å². The third-order valence-electron chi connectivity index (χ3n) is 6.22. The number of hydrogen-bond acceptors (Lipinski definition) is 5. The average molecular weight is 419 g/mol. The highest BCUT2D eigenvalue weighted by atomic mass is 16.3. The van der Waals surface area contributed by atoms with Gasteiger partial charge in [0.1, 0.15) is 11.1 Å². The van der Waals surface area contributed by atoms with Crippen molar-refractivity contribution in [2.45, 2.75) is 38.3 Å². The summed E-state index contributed by atoms with van der Waals surface area (Å²) in [5.41, 5.74) is 2.89. The average Bonchev–Trinajstić information content (AvgIpc) is 3.38. The molecule has 1 aliphatic heterocycles. The van der Waals surface area contributed by atoms with E-state index in [0.717, 1.165) is 22.2 Å². The van der Waals surface area contributed by atoms with Gasteiger partial charge in [-0.25, -0.2) is 4.98 Å². The number of aryl methyl sites for hydroxylation is 1. The van der Waals surface area contributed by atoms with E-state index < -0.39 is 5.60 Å². The molecule has 7 nitrogen and oxygen atoms in total. The Bertz CT molecular complexity index is 1160. The van der Waals surface area contributed by atoms with Gasteiger partial charge in [0, 0.05) is 36.8 Å². The zero-order valence-corrected chi connectivity index (χ0v) is 17.7. The molecule has 3 aromatic rings. The Kier molecular flexibility index (Phi) is 4.59. The van der Waals surface area contributed by atoms with Crippen molar-refractivity contribution >= 4 is 22.9 Å². The van der Waals surface area contributed by atoms with Gasteiger partial charge in [-0.05, 0) is 68.7 Å². The van der Waals surface area contributed by atoms with E-state index in [-0.39, 0.29) is 17.9 Å². The van der Waals surface area contributed by atoms with Crippen LogP contribution in [0.15, 0.2) is 46.9 Å². The minimum atomic E-state index is -1.17. The number of amides is 2. The molecule has 1 N–H and O–H groups in total. The Balaban J connectivity index is 1.28. The number of hydrogen-bond donors (Lipinski definition) is 1. The summed E-state index contributed by atoms with van der Waals surface area (Å²) in [6.45, 7) is 5.27. The molecular weight excluding hydrogens is 394 g/mol. The van der Waals surface area contributed by atoms with Gasteiger partial charge < -0.3 is 19.3 Å². The number of rotatable bonds is 3. The van der Waals surface area contributed by atoms with E-state index in [1.807, 2.05) is 44.2 Å². The maximum absolute atomic E-state index is 13.0. The van der Waals surface area contributed by atoms with Crippen LogP contribution in [0.5, 0.6) is 0 Å². The van der Waals surface area contributed by atoms with E-state index >= 15 is 0 Å². The van der Waals surface area contributed by atoms with Crippen LogP contribution in [0, 0.1) is 6.92 Å². The number of piperazine rings is 1. The minimum absolute atomic E-state index is 0.0659. The topological polar surface area (TPSA) is 86.9 Å². The summed E-state index contributed by atoms with van der Waals surface area (Å²) >= 11 is 0. The summed E-state index contributed by atoms with van der Waals surface area (Å²) in [5.74, 6) is 0.257. The van der Waals surface area contributed by atoms with Gasteiger partial charge in [0.05, 0.1) is 0 Å². The third-order valence-corrected chi connectivity index (χ3v) is 6.22. The van der Waals surface area contributed by atoms with Crippen LogP contribution in [-0.4, -0.2) is 63.0 Å². The molecule has 7 heteroatoms. The van der Waals surface area contributed by atoms with Crippen LogP contribution in [0.4, 0.5) is 0 Å². The van der Waals surface area contributed by atoms with Gasteiger partial charge in [-0.2, -0.15) is 0 Å². The predicted octanol–water partition coefficient (Wildman–Crippen LogP) is 3.00. The molecule has 5 rings (SSSR count). The number of aromatic nitrogens is 1. The van der Waals surface area contributed by atoms with Gasteiger partial charge in [0.15, 0.2) is 5.58 Å². The van der Waals surface area contributed by atoms with E-state index in [1.165, 1.54) is 0 Å². The molecule has 1 saturated carbocycles. The standard InChI is InChI=1S/C24H25N3O4/c1-15-3-8-19-20(13-15)31-21(25-19)17-4-6-18(7-5-17)22(28)26-11-12-27(16(2)14-26)23(29)24(30)9-10-24/h3-8,13,16,30H,9-12,14H2,1-2H3/t16-/m0/s1. The normalized spacial score (nSPS) is 20.2. The Morgan fingerprint density at radius 2 is 1.87 bits per heavy atom. The molecule has 31 heavy (non-hydrogen) atoms. The van der Waals surface area contributed by atoms with Crippen LogP contribution in [0.3, 0.4) is 0 Å². The first-order valence-electron chi connectivity index (χ1n) is 10.6. The van der Waals surface area contributed by atoms with Crippen molar-refractivity contribution in [2.75, 3.05) is 19.6 Å². The lowest BCUT2D eigenvalue weighted by atomic mass is 10.1. The molecule has 2 amide bonds. The molecule has 0 unspecified atom stereocenters. The molecule has 1 atom stereocenters. The number of benzene rings is 2. The van der Waals surface area contributed by atoms with Gasteiger partial charge in [0.25, 0.3) is 11.8 Å². The van der Waals surface area contributed by atoms with Crippen molar-refractivity contribution in [1.82, 2.24) is 14.8 Å². The summed E-state index contributed by atoms with van der Waals surface area (Å²) in [6, 6.07) is 13.0. The summed E-state index contributed by atoms with van der Waals surface area (Å²) in [5, 5.41) is 10.1. The van der Waals surface area contributed by atoms with E-state index in [9.17, 15) is 14.7 Å². The molecule has 0 spiro atoms. The first-order chi connectivity index (χ1) is 14.8. The highest BCUT2D eigenvalue weighted by Crippen LogP contribution is 2.37. The van der Waals surface area contributed by atoms with Gasteiger partial charge >= 0.3 is 0 Å². The van der Waals surface area contributed by atoms with Crippen LogP contribution in [0.25, 0.3) is 22.6 Å². The van der Waals surface area contributed by atoms with E-state index in [1.54, 1.807) is 21.9 Å². The van der Waals surface area contributed by atoms with Crippen molar-refractivity contribution in [3.63, 3.8) is 0 Å². The lowest BCUT2D eigenvalue weighted by Gasteiger charge is -2.40. The van der Waals surface area contributed by atoms with Crippen molar-refractivity contribution in [3.05, 3.63) is 53.6 Å². The second-order valence-electron chi connectivity index (χ2n) is 8.70. The fourth-order valence-corrected chi connectivity index (χ4v) is 4.14. The first-order valence-corrected chi connectivity index (χ1v) is 10.6. The molecule has 0 bridgehead atoms. The highest BCUT2D eigenvalue weighted by molar-refractivity contribution is 5.95. The lowest BCUT2D eigenvalue weighted by Crippen LogP contribution is -2.57. The summed E-state index contributed by atoms with van der Waals surface area (Å²) in [6.07, 6.45) is 1.06. The number of carbonyl (C=O) groups excluding carboxylic acids is 2. The van der Waals surface area contributed by atoms with Crippen molar-refractivity contribution in [3.8, 4) is 11.5 Å². The van der Waals surface area contributed by atoms with Gasteiger partial charge in [-0.3, -0.25) is 9.59 Å². The number of aliphatic hydroxyl groups is 1. The van der Waals surface area contributed by atoms with E-state index in [2.05, 4.69) is 4.98 Å². The third kappa shape index (κ3) is 3.59. The second kappa shape index (κ2) is 7.20. The molecular formula is C24H25N3O4. The smallest absolute Gasteiger partial charge is 0.254 e. The number of fused-ring (bicyclic) bond motifs is 1. The number of oxazole rings is 1. The SMILES string of the molecule is Cc1ccc2nc(-c3ccc(C(=O)N4CCN(C(=O)C5(O)CC5)[C@@H](C)C4)cc3)oc2c1. The molecule has 1 aromatic heterocycles. The quantitative estimate of drug-likeness (QED) is 0.705. The van der Waals surface area contributed by atoms with Crippen molar-refractivity contribution in [2.24, 2.45) is 0 Å². The van der Waals surface area contributed by atoms with E-state index in [4.69, 9.17) is 4.42 Å². The Hall–Kier alpha value is -3.19. The Morgan fingerprint density at radius 1 is 1.13 bits per heavy atom. The summed E-state index contributed by atoms with van der Waals surface area (Å²) in [7, 11) is 0. The fourth-order valence-electron chi connectivity index (χ4n) is 4.14. The largest absolute Gasteiger partial charge is 0.436 e. The van der Waals surface area contributed by atoms with Crippen molar-refractivity contribution < 1.29 is 19.1 Å². The molecule has 2 fully saturated rings. The molecule has 1 saturated heterocycles. The van der Waals surface area contributed by atoms with Crippen LogP contribution < -0.4 is 0 Å². The highest BCUT2D eigenvalue weighted by Gasteiger charge is 2.51. The molecule has 0 radical (unpaired) electrons.